The first kappa shape index (κ1) is 16.7. The average molecular weight is 316 g/mol. The van der Waals surface area contributed by atoms with Crippen LogP contribution in [-0.2, 0) is 11.2 Å². The fourth-order valence-corrected chi connectivity index (χ4v) is 3.00. The van der Waals surface area contributed by atoms with Gasteiger partial charge in [0.05, 0.1) is 5.69 Å². The van der Waals surface area contributed by atoms with Gasteiger partial charge in [0.15, 0.2) is 5.13 Å². The topological polar surface area (TPSA) is 42.0 Å². The molecule has 0 bridgehead atoms. The fraction of sp³-hybridized carbons (Fsp3) is 0.444. The number of carbonyl (C=O) groups excluding carboxylic acids is 1. The van der Waals surface area contributed by atoms with E-state index in [1.54, 1.807) is 0 Å². The van der Waals surface area contributed by atoms with Crippen molar-refractivity contribution in [1.82, 2.24) is 4.98 Å². The summed E-state index contributed by atoms with van der Waals surface area (Å²) in [6, 6.07) is 8.43. The highest BCUT2D eigenvalue weighted by atomic mass is 32.1. The molecule has 1 heterocycles. The lowest BCUT2D eigenvalue weighted by molar-refractivity contribution is -0.116. The van der Waals surface area contributed by atoms with Gasteiger partial charge in [-0.15, -0.1) is 11.3 Å². The zero-order valence-corrected chi connectivity index (χ0v) is 14.2. The molecule has 2 rings (SSSR count). The molecule has 0 radical (unpaired) electrons. The second-order valence-corrected chi connectivity index (χ2v) is 6.31. The van der Waals surface area contributed by atoms with E-state index in [9.17, 15) is 4.79 Å². The summed E-state index contributed by atoms with van der Waals surface area (Å²) >= 11 is 1.48. The molecule has 0 unspecified atom stereocenters. The molecular weight excluding hydrogens is 292 g/mol. The van der Waals surface area contributed by atoms with Crippen LogP contribution in [0.25, 0.3) is 11.3 Å². The fourth-order valence-electron chi connectivity index (χ4n) is 2.27. The van der Waals surface area contributed by atoms with Crippen LogP contribution in [0.1, 0.15) is 51.5 Å². The first-order valence-electron chi connectivity index (χ1n) is 8.07. The number of hydrogen-bond acceptors (Lipinski definition) is 3. The number of benzene rings is 1. The molecule has 118 valence electrons. The highest BCUT2D eigenvalue weighted by Gasteiger charge is 2.08. The van der Waals surface area contributed by atoms with Crippen molar-refractivity contribution in [3.8, 4) is 11.3 Å². The zero-order valence-electron chi connectivity index (χ0n) is 13.4. The number of hydrogen-bond donors (Lipinski definition) is 1. The maximum atomic E-state index is 11.9. The van der Waals surface area contributed by atoms with E-state index < -0.39 is 0 Å². The monoisotopic (exact) mass is 316 g/mol. The Morgan fingerprint density at radius 1 is 1.14 bits per heavy atom. The molecular formula is C18H24N2OS. The highest BCUT2D eigenvalue weighted by molar-refractivity contribution is 7.14. The summed E-state index contributed by atoms with van der Waals surface area (Å²) in [7, 11) is 0. The number of carbonyl (C=O) groups is 1. The Morgan fingerprint density at radius 2 is 1.91 bits per heavy atom. The molecule has 0 aliphatic carbocycles. The number of amides is 1. The minimum atomic E-state index is 0.0679. The quantitative estimate of drug-likeness (QED) is 0.673. The van der Waals surface area contributed by atoms with Gasteiger partial charge in [-0.2, -0.15) is 0 Å². The van der Waals surface area contributed by atoms with Crippen LogP contribution < -0.4 is 5.32 Å². The number of nitrogens with one attached hydrogen (secondary N) is 1. The zero-order chi connectivity index (χ0) is 15.8. The third-order valence-corrected chi connectivity index (χ3v) is 4.42. The lowest BCUT2D eigenvalue weighted by atomic mass is 10.1. The lowest BCUT2D eigenvalue weighted by Crippen LogP contribution is -2.10. The minimum Gasteiger partial charge on any atom is -0.302 e. The largest absolute Gasteiger partial charge is 0.302 e. The van der Waals surface area contributed by atoms with Gasteiger partial charge >= 0.3 is 0 Å². The van der Waals surface area contributed by atoms with Crippen LogP contribution in [0.2, 0.25) is 0 Å². The summed E-state index contributed by atoms with van der Waals surface area (Å²) in [6.45, 7) is 4.32. The molecule has 1 amide bonds. The Bertz CT molecular complexity index is 589. The molecule has 0 saturated carbocycles. The first-order valence-corrected chi connectivity index (χ1v) is 8.95. The SMILES string of the molecule is CCCCCCC(=O)Nc1nc(-c2ccc(CC)cc2)cs1. The summed E-state index contributed by atoms with van der Waals surface area (Å²) in [6.07, 6.45) is 6.08. The molecule has 0 spiro atoms. The summed E-state index contributed by atoms with van der Waals surface area (Å²) in [4.78, 5) is 16.4. The van der Waals surface area contributed by atoms with E-state index in [2.05, 4.69) is 48.4 Å². The van der Waals surface area contributed by atoms with E-state index in [1.165, 1.54) is 29.7 Å². The van der Waals surface area contributed by atoms with Crippen molar-refractivity contribution in [2.75, 3.05) is 5.32 Å². The first-order chi connectivity index (χ1) is 10.7. The maximum Gasteiger partial charge on any atom is 0.226 e. The van der Waals surface area contributed by atoms with E-state index in [1.807, 2.05) is 5.38 Å². The van der Waals surface area contributed by atoms with Gasteiger partial charge in [0, 0.05) is 17.4 Å². The van der Waals surface area contributed by atoms with Gasteiger partial charge in [-0.1, -0.05) is 57.4 Å². The van der Waals surface area contributed by atoms with E-state index in [4.69, 9.17) is 0 Å². The summed E-state index contributed by atoms with van der Waals surface area (Å²) < 4.78 is 0. The van der Waals surface area contributed by atoms with Crippen LogP contribution in [0.15, 0.2) is 29.6 Å². The van der Waals surface area contributed by atoms with Gasteiger partial charge in [-0.3, -0.25) is 4.79 Å². The number of thiazole rings is 1. The number of unbranched alkanes of at least 4 members (excludes halogenated alkanes) is 3. The average Bonchev–Trinajstić information content (AvgIpc) is 3.00. The Kier molecular flexibility index (Phi) is 6.59. The van der Waals surface area contributed by atoms with Crippen molar-refractivity contribution in [2.45, 2.75) is 52.4 Å². The third-order valence-electron chi connectivity index (χ3n) is 3.67. The van der Waals surface area contributed by atoms with Crippen molar-refractivity contribution in [1.29, 1.82) is 0 Å². The van der Waals surface area contributed by atoms with Crippen LogP contribution in [0.5, 0.6) is 0 Å². The van der Waals surface area contributed by atoms with Gasteiger partial charge in [0.2, 0.25) is 5.91 Å². The van der Waals surface area contributed by atoms with Crippen molar-refractivity contribution in [3.63, 3.8) is 0 Å². The van der Waals surface area contributed by atoms with Crippen LogP contribution in [0.3, 0.4) is 0 Å². The van der Waals surface area contributed by atoms with Crippen LogP contribution >= 0.6 is 11.3 Å². The Labute approximate surface area is 136 Å². The molecule has 4 heteroatoms. The molecule has 3 nitrogen and oxygen atoms in total. The van der Waals surface area contributed by atoms with Crippen LogP contribution in [-0.4, -0.2) is 10.9 Å². The number of rotatable bonds is 8. The van der Waals surface area contributed by atoms with Gasteiger partial charge in [0.1, 0.15) is 0 Å². The van der Waals surface area contributed by atoms with E-state index in [0.29, 0.717) is 11.6 Å². The predicted molar refractivity (Wildman–Crippen MR) is 94.3 cm³/mol. The third kappa shape index (κ3) is 4.95. The lowest BCUT2D eigenvalue weighted by Gasteiger charge is -2.01. The normalized spacial score (nSPS) is 10.6. The molecule has 22 heavy (non-hydrogen) atoms. The molecule has 1 aromatic carbocycles. The molecule has 0 aliphatic rings. The molecule has 1 aromatic heterocycles. The molecule has 0 fully saturated rings. The minimum absolute atomic E-state index is 0.0679. The van der Waals surface area contributed by atoms with Crippen molar-refractivity contribution < 1.29 is 4.79 Å². The maximum absolute atomic E-state index is 11.9. The van der Waals surface area contributed by atoms with Crippen molar-refractivity contribution in [3.05, 3.63) is 35.2 Å². The second kappa shape index (κ2) is 8.69. The van der Waals surface area contributed by atoms with Gasteiger partial charge in [-0.05, 0) is 18.4 Å². The van der Waals surface area contributed by atoms with E-state index in [-0.39, 0.29) is 5.91 Å². The Balaban J connectivity index is 1.89. The van der Waals surface area contributed by atoms with Crippen LogP contribution in [0.4, 0.5) is 5.13 Å². The smallest absolute Gasteiger partial charge is 0.226 e. The molecule has 0 aliphatic heterocycles. The molecule has 0 atom stereocenters. The summed E-state index contributed by atoms with van der Waals surface area (Å²) in [5.74, 6) is 0.0679. The molecule has 1 N–H and O–H groups in total. The van der Waals surface area contributed by atoms with E-state index in [0.717, 1.165) is 30.5 Å². The number of nitrogens with zero attached hydrogens (tertiary/aromatic N) is 1. The van der Waals surface area contributed by atoms with Crippen molar-refractivity contribution >= 4 is 22.4 Å². The van der Waals surface area contributed by atoms with Crippen LogP contribution in [0, 0.1) is 0 Å². The van der Waals surface area contributed by atoms with Crippen molar-refractivity contribution in [2.24, 2.45) is 0 Å². The van der Waals surface area contributed by atoms with E-state index >= 15 is 0 Å². The standard InChI is InChI=1S/C18H24N2OS/c1-3-5-6-7-8-17(21)20-18-19-16(13-22-18)15-11-9-14(4-2)10-12-15/h9-13H,3-8H2,1-2H3,(H,19,20,21). The predicted octanol–water partition coefficient (Wildman–Crippen LogP) is 5.28. The van der Waals surface area contributed by atoms with Gasteiger partial charge in [0.25, 0.3) is 0 Å². The Morgan fingerprint density at radius 3 is 2.59 bits per heavy atom. The molecule has 0 saturated heterocycles. The second-order valence-electron chi connectivity index (χ2n) is 5.45. The highest BCUT2D eigenvalue weighted by Crippen LogP contribution is 2.25. The summed E-state index contributed by atoms with van der Waals surface area (Å²) in [5, 5.41) is 5.58. The number of aryl methyl sites for hydroxylation is 1. The number of aromatic nitrogens is 1. The number of anilines is 1. The van der Waals surface area contributed by atoms with Gasteiger partial charge in [-0.25, -0.2) is 4.98 Å². The van der Waals surface area contributed by atoms with Gasteiger partial charge < -0.3 is 5.32 Å². The molecule has 2 aromatic rings. The summed E-state index contributed by atoms with van der Waals surface area (Å²) in [5.41, 5.74) is 3.34. The Hall–Kier alpha value is -1.68.